The maximum absolute atomic E-state index is 12.7. The van der Waals surface area contributed by atoms with Crippen LogP contribution in [0.5, 0.6) is 0 Å². The van der Waals surface area contributed by atoms with E-state index in [0.717, 1.165) is 0 Å². The molecule has 1 aromatic carbocycles. The molecule has 128 valence electrons. The van der Waals surface area contributed by atoms with Crippen molar-refractivity contribution in [3.8, 4) is 0 Å². The molecular weight excluding hydrogens is 352 g/mol. The fourth-order valence-corrected chi connectivity index (χ4v) is 3.88. The number of thiophene rings is 1. The van der Waals surface area contributed by atoms with Gasteiger partial charge in [0.05, 0.1) is 29.2 Å². The normalized spacial score (nSPS) is 11.7. The van der Waals surface area contributed by atoms with Crippen LogP contribution in [0.2, 0.25) is 0 Å². The minimum absolute atomic E-state index is 0.123. The zero-order chi connectivity index (χ0) is 17.8. The van der Waals surface area contributed by atoms with E-state index in [2.05, 4.69) is 15.2 Å². The topological polar surface area (TPSA) is 87.1 Å². The molecule has 0 aliphatic rings. The van der Waals surface area contributed by atoms with E-state index in [4.69, 9.17) is 0 Å². The molecule has 0 saturated heterocycles. The van der Waals surface area contributed by atoms with Crippen LogP contribution in [0, 0.1) is 0 Å². The summed E-state index contributed by atoms with van der Waals surface area (Å²) in [6.07, 6.45) is 1.52. The molecule has 0 amide bonds. The van der Waals surface area contributed by atoms with Crippen LogP contribution < -0.4 is 11.1 Å². The molecular formula is C17H12N6O2S. The lowest BCUT2D eigenvalue weighted by Crippen LogP contribution is -2.23. The van der Waals surface area contributed by atoms with Crippen molar-refractivity contribution in [1.29, 1.82) is 0 Å². The number of rotatable bonds is 2. The average Bonchev–Trinajstić information content (AvgIpc) is 3.30. The third kappa shape index (κ3) is 1.97. The Bertz CT molecular complexity index is 1420. The Kier molecular flexibility index (Phi) is 3.07. The highest BCUT2D eigenvalue weighted by molar-refractivity contribution is 7.16. The van der Waals surface area contributed by atoms with Crippen molar-refractivity contribution in [3.05, 3.63) is 68.6 Å². The fraction of sp³-hybridized carbons (Fsp3) is 0.118. The van der Waals surface area contributed by atoms with Gasteiger partial charge in [-0.1, -0.05) is 12.1 Å². The molecule has 0 radical (unpaired) electrons. The first kappa shape index (κ1) is 15.0. The number of nitrogens with zero attached hydrogens (tertiary/aromatic N) is 6. The molecule has 0 N–H and O–H groups in total. The maximum atomic E-state index is 12.7. The van der Waals surface area contributed by atoms with Crippen LogP contribution in [0.25, 0.3) is 26.9 Å². The van der Waals surface area contributed by atoms with Gasteiger partial charge in [0.25, 0.3) is 11.1 Å². The van der Waals surface area contributed by atoms with Gasteiger partial charge in [0, 0.05) is 7.05 Å². The van der Waals surface area contributed by atoms with Gasteiger partial charge in [0.2, 0.25) is 5.78 Å². The summed E-state index contributed by atoms with van der Waals surface area (Å²) in [6.45, 7) is 0.209. The van der Waals surface area contributed by atoms with Gasteiger partial charge >= 0.3 is 0 Å². The van der Waals surface area contributed by atoms with Crippen LogP contribution in [0.15, 0.2) is 51.6 Å². The predicted molar refractivity (Wildman–Crippen MR) is 98.7 cm³/mol. The molecule has 0 spiro atoms. The largest absolute Gasteiger partial charge is 0.291 e. The number of fused-ring (bicyclic) bond motifs is 4. The van der Waals surface area contributed by atoms with Gasteiger partial charge in [-0.3, -0.25) is 23.1 Å². The summed E-state index contributed by atoms with van der Waals surface area (Å²) in [4.78, 5) is 30.2. The number of para-hydroxylation sites is 1. The van der Waals surface area contributed by atoms with Crippen molar-refractivity contribution in [1.82, 2.24) is 28.7 Å². The zero-order valence-corrected chi connectivity index (χ0v) is 14.5. The Balaban J connectivity index is 1.78. The third-order valence-corrected chi connectivity index (χ3v) is 5.28. The Morgan fingerprint density at radius 3 is 2.77 bits per heavy atom. The summed E-state index contributed by atoms with van der Waals surface area (Å²) in [5.74, 6) is 0.992. The summed E-state index contributed by atoms with van der Waals surface area (Å²) in [5, 5.41) is 11.4. The molecule has 0 aliphatic carbocycles. The highest BCUT2D eigenvalue weighted by atomic mass is 32.1. The summed E-state index contributed by atoms with van der Waals surface area (Å²) in [6, 6.07) is 9.06. The van der Waals surface area contributed by atoms with E-state index in [1.54, 1.807) is 23.6 Å². The predicted octanol–water partition coefficient (Wildman–Crippen LogP) is 1.40. The first-order valence-corrected chi connectivity index (χ1v) is 8.77. The lowest BCUT2D eigenvalue weighted by molar-refractivity contribution is 0.701. The van der Waals surface area contributed by atoms with Crippen LogP contribution in [-0.2, 0) is 13.6 Å². The van der Waals surface area contributed by atoms with E-state index < -0.39 is 0 Å². The number of hydrogen-bond acceptors (Lipinski definition) is 6. The monoisotopic (exact) mass is 364 g/mol. The summed E-state index contributed by atoms with van der Waals surface area (Å²) >= 11 is 1.43. The van der Waals surface area contributed by atoms with E-state index in [1.807, 2.05) is 23.6 Å². The molecule has 4 aromatic heterocycles. The standard InChI is InChI=1S/C17H12N6O2S/c1-21-15(24)10-4-2-3-5-12(10)23-13(19-20-17(21)23)8-22-9-18-14-11(16(22)25)6-7-26-14/h2-7,9H,8H2,1H3. The summed E-state index contributed by atoms with van der Waals surface area (Å²) in [7, 11) is 1.66. The van der Waals surface area contributed by atoms with Crippen LogP contribution in [-0.4, -0.2) is 28.7 Å². The van der Waals surface area contributed by atoms with Crippen molar-refractivity contribution in [2.45, 2.75) is 6.54 Å². The Hall–Kier alpha value is -3.33. The number of aromatic nitrogens is 6. The summed E-state index contributed by atoms with van der Waals surface area (Å²) < 4.78 is 4.77. The third-order valence-electron chi connectivity index (χ3n) is 4.46. The van der Waals surface area contributed by atoms with Crippen molar-refractivity contribution >= 4 is 38.2 Å². The van der Waals surface area contributed by atoms with Gasteiger partial charge in [0.1, 0.15) is 4.83 Å². The van der Waals surface area contributed by atoms with Gasteiger partial charge in [-0.2, -0.15) is 0 Å². The molecule has 0 fully saturated rings. The van der Waals surface area contributed by atoms with Crippen LogP contribution in [0.4, 0.5) is 0 Å². The quantitative estimate of drug-likeness (QED) is 0.473. The van der Waals surface area contributed by atoms with Crippen LogP contribution in [0.1, 0.15) is 5.82 Å². The van der Waals surface area contributed by atoms with Gasteiger partial charge in [-0.05, 0) is 23.6 Å². The molecule has 0 unspecified atom stereocenters. The Morgan fingerprint density at radius 1 is 1.04 bits per heavy atom. The van der Waals surface area contributed by atoms with Crippen LogP contribution in [0.3, 0.4) is 0 Å². The second-order valence-corrected chi connectivity index (χ2v) is 6.84. The zero-order valence-electron chi connectivity index (χ0n) is 13.7. The molecule has 9 heteroatoms. The van der Waals surface area contributed by atoms with E-state index in [-0.39, 0.29) is 17.7 Å². The van der Waals surface area contributed by atoms with E-state index in [9.17, 15) is 9.59 Å². The summed E-state index contributed by atoms with van der Waals surface area (Å²) in [5.41, 5.74) is 0.455. The lowest BCUT2D eigenvalue weighted by Gasteiger charge is -2.08. The number of aryl methyl sites for hydroxylation is 1. The molecule has 5 rings (SSSR count). The van der Waals surface area contributed by atoms with Gasteiger partial charge < -0.3 is 0 Å². The Labute approximate surface area is 149 Å². The Morgan fingerprint density at radius 2 is 1.88 bits per heavy atom. The minimum Gasteiger partial charge on any atom is -0.291 e. The molecule has 8 nitrogen and oxygen atoms in total. The molecule has 5 aromatic rings. The average molecular weight is 364 g/mol. The van der Waals surface area contributed by atoms with Gasteiger partial charge in [-0.15, -0.1) is 21.5 Å². The highest BCUT2D eigenvalue weighted by Gasteiger charge is 2.15. The lowest BCUT2D eigenvalue weighted by atomic mass is 10.2. The van der Waals surface area contributed by atoms with Crippen molar-refractivity contribution < 1.29 is 0 Å². The SMILES string of the molecule is Cn1c(=O)c2ccccc2n2c(Cn3cnc4sccc4c3=O)nnc12. The fourth-order valence-electron chi connectivity index (χ4n) is 3.15. The van der Waals surface area contributed by atoms with Crippen molar-refractivity contribution in [2.24, 2.45) is 7.05 Å². The molecule has 0 saturated carbocycles. The highest BCUT2D eigenvalue weighted by Crippen LogP contribution is 2.16. The van der Waals surface area contributed by atoms with E-state index in [0.29, 0.717) is 32.7 Å². The molecule has 0 bridgehead atoms. The molecule has 0 aliphatic heterocycles. The van der Waals surface area contributed by atoms with Gasteiger partial charge in [-0.25, -0.2) is 4.98 Å². The molecule has 4 heterocycles. The van der Waals surface area contributed by atoms with Gasteiger partial charge in [0.15, 0.2) is 5.82 Å². The van der Waals surface area contributed by atoms with E-state index in [1.165, 1.54) is 26.8 Å². The first-order valence-electron chi connectivity index (χ1n) is 7.89. The number of benzene rings is 1. The minimum atomic E-state index is -0.134. The molecule has 26 heavy (non-hydrogen) atoms. The second kappa shape index (κ2) is 5.33. The van der Waals surface area contributed by atoms with E-state index >= 15 is 0 Å². The van der Waals surface area contributed by atoms with Crippen molar-refractivity contribution in [2.75, 3.05) is 0 Å². The second-order valence-electron chi connectivity index (χ2n) is 5.95. The molecule has 0 atom stereocenters. The van der Waals surface area contributed by atoms with Crippen molar-refractivity contribution in [3.63, 3.8) is 0 Å². The maximum Gasteiger partial charge on any atom is 0.262 e. The van der Waals surface area contributed by atoms with Crippen LogP contribution >= 0.6 is 11.3 Å². The smallest absolute Gasteiger partial charge is 0.262 e. The number of hydrogen-bond donors (Lipinski definition) is 0. The first-order chi connectivity index (χ1) is 12.6.